The lowest BCUT2D eigenvalue weighted by Gasteiger charge is -2.17. The molecule has 0 aliphatic carbocycles. The number of carbonyl (C=O) groups is 3. The normalized spacial score (nSPS) is 15.5. The highest BCUT2D eigenvalue weighted by Gasteiger charge is 2.35. The first-order valence-electron chi connectivity index (χ1n) is 10.5. The predicted molar refractivity (Wildman–Crippen MR) is 131 cm³/mol. The quantitative estimate of drug-likeness (QED) is 0.373. The van der Waals surface area contributed by atoms with E-state index in [-0.39, 0.29) is 24.1 Å². The molecule has 1 atom stereocenters. The van der Waals surface area contributed by atoms with Gasteiger partial charge in [0, 0.05) is 36.5 Å². The minimum atomic E-state index is -0.445. The summed E-state index contributed by atoms with van der Waals surface area (Å²) in [5.41, 5.74) is 2.63. The Morgan fingerprint density at radius 3 is 2.73 bits per heavy atom. The van der Waals surface area contributed by atoms with Gasteiger partial charge in [-0.3, -0.25) is 14.4 Å². The molecule has 1 aliphatic heterocycles. The van der Waals surface area contributed by atoms with Gasteiger partial charge in [0.15, 0.2) is 4.34 Å². The van der Waals surface area contributed by atoms with Crippen molar-refractivity contribution in [2.45, 2.75) is 24.1 Å². The standard InChI is InChI=1S/C23H23N5O3S2/c1-15-6-5-9-18(12-15)28-14-16(13-20(28)30)21(31)25-22-26-27-23(33-22)32-11-10-19(29)24-17-7-3-2-4-8-17/h2-9,12,16H,10-11,13-14H2,1H3,(H,24,29)(H,25,26,31). The Bertz CT molecular complexity index is 1150. The number of para-hydroxylation sites is 1. The molecule has 2 N–H and O–H groups in total. The molecule has 33 heavy (non-hydrogen) atoms. The second kappa shape index (κ2) is 10.6. The monoisotopic (exact) mass is 481 g/mol. The van der Waals surface area contributed by atoms with E-state index in [9.17, 15) is 14.4 Å². The van der Waals surface area contributed by atoms with E-state index in [0.29, 0.717) is 28.2 Å². The van der Waals surface area contributed by atoms with E-state index in [1.54, 1.807) is 4.90 Å². The predicted octanol–water partition coefficient (Wildman–Crippen LogP) is 3.96. The van der Waals surface area contributed by atoms with Gasteiger partial charge in [-0.05, 0) is 36.8 Å². The number of anilines is 3. The minimum absolute atomic E-state index is 0.0666. The van der Waals surface area contributed by atoms with Crippen LogP contribution in [0.15, 0.2) is 58.9 Å². The van der Waals surface area contributed by atoms with Crippen LogP contribution < -0.4 is 15.5 Å². The van der Waals surface area contributed by atoms with Crippen molar-refractivity contribution < 1.29 is 14.4 Å². The van der Waals surface area contributed by atoms with Gasteiger partial charge < -0.3 is 15.5 Å². The van der Waals surface area contributed by atoms with Crippen LogP contribution in [0.3, 0.4) is 0 Å². The number of nitrogens with zero attached hydrogens (tertiary/aromatic N) is 3. The largest absolute Gasteiger partial charge is 0.326 e. The molecule has 3 aromatic rings. The molecule has 1 aromatic heterocycles. The summed E-state index contributed by atoms with van der Waals surface area (Å²) >= 11 is 2.66. The van der Waals surface area contributed by atoms with Crippen LogP contribution in [0.25, 0.3) is 0 Å². The maximum Gasteiger partial charge on any atom is 0.231 e. The van der Waals surface area contributed by atoms with Gasteiger partial charge in [0.1, 0.15) is 0 Å². The van der Waals surface area contributed by atoms with Gasteiger partial charge in [-0.2, -0.15) is 0 Å². The van der Waals surface area contributed by atoms with Gasteiger partial charge in [-0.15, -0.1) is 10.2 Å². The molecular formula is C23H23N5O3S2. The van der Waals surface area contributed by atoms with Crippen LogP contribution in [-0.2, 0) is 14.4 Å². The summed E-state index contributed by atoms with van der Waals surface area (Å²) in [6, 6.07) is 17.0. The second-order valence-corrected chi connectivity index (χ2v) is 9.94. The fraction of sp³-hybridized carbons (Fsp3) is 0.261. The lowest BCUT2D eigenvalue weighted by atomic mass is 10.1. The number of aromatic nitrogens is 2. The molecule has 2 heterocycles. The third-order valence-electron chi connectivity index (χ3n) is 5.06. The first kappa shape index (κ1) is 22.9. The highest BCUT2D eigenvalue weighted by Crippen LogP contribution is 2.29. The molecular weight excluding hydrogens is 458 g/mol. The van der Waals surface area contributed by atoms with Gasteiger partial charge in [-0.1, -0.05) is 53.4 Å². The van der Waals surface area contributed by atoms with Crippen LogP contribution >= 0.6 is 23.1 Å². The summed E-state index contributed by atoms with van der Waals surface area (Å²) in [6.45, 7) is 2.31. The number of hydrogen-bond donors (Lipinski definition) is 2. The Balaban J connectivity index is 1.24. The van der Waals surface area contributed by atoms with Gasteiger partial charge >= 0.3 is 0 Å². The highest BCUT2D eigenvalue weighted by atomic mass is 32.2. The van der Waals surface area contributed by atoms with Crippen molar-refractivity contribution in [1.82, 2.24) is 10.2 Å². The number of rotatable bonds is 8. The molecule has 1 saturated heterocycles. The number of hydrogen-bond acceptors (Lipinski definition) is 7. The summed E-state index contributed by atoms with van der Waals surface area (Å²) in [7, 11) is 0. The van der Waals surface area contributed by atoms with Crippen molar-refractivity contribution in [3.63, 3.8) is 0 Å². The number of aryl methyl sites for hydroxylation is 1. The molecule has 4 rings (SSSR count). The van der Waals surface area contributed by atoms with Crippen molar-refractivity contribution in [3.05, 3.63) is 60.2 Å². The zero-order valence-corrected chi connectivity index (χ0v) is 19.6. The number of nitrogens with one attached hydrogen (secondary N) is 2. The molecule has 3 amide bonds. The highest BCUT2D eigenvalue weighted by molar-refractivity contribution is 8.01. The molecule has 1 aliphatic rings. The number of amides is 3. The van der Waals surface area contributed by atoms with E-state index in [1.807, 2.05) is 61.5 Å². The molecule has 8 nitrogen and oxygen atoms in total. The average molecular weight is 482 g/mol. The maximum absolute atomic E-state index is 12.7. The minimum Gasteiger partial charge on any atom is -0.326 e. The van der Waals surface area contributed by atoms with Gasteiger partial charge in [0.2, 0.25) is 22.9 Å². The molecule has 1 unspecified atom stereocenters. The lowest BCUT2D eigenvalue weighted by molar-refractivity contribution is -0.122. The summed E-state index contributed by atoms with van der Waals surface area (Å²) in [4.78, 5) is 38.8. The lowest BCUT2D eigenvalue weighted by Crippen LogP contribution is -2.28. The van der Waals surface area contributed by atoms with Gasteiger partial charge in [0.05, 0.1) is 5.92 Å². The zero-order chi connectivity index (χ0) is 23.2. The number of thioether (sulfide) groups is 1. The first-order chi connectivity index (χ1) is 16.0. The summed E-state index contributed by atoms with van der Waals surface area (Å²) in [5, 5.41) is 14.1. The van der Waals surface area contributed by atoms with Crippen LogP contribution in [0.4, 0.5) is 16.5 Å². The third kappa shape index (κ3) is 6.17. The van der Waals surface area contributed by atoms with E-state index < -0.39 is 5.92 Å². The molecule has 2 aromatic carbocycles. The van der Waals surface area contributed by atoms with E-state index in [1.165, 1.54) is 23.1 Å². The fourth-order valence-electron chi connectivity index (χ4n) is 3.43. The fourth-order valence-corrected chi connectivity index (χ4v) is 5.19. The second-order valence-electron chi connectivity index (χ2n) is 7.62. The first-order valence-corrected chi connectivity index (χ1v) is 12.3. The van der Waals surface area contributed by atoms with Crippen molar-refractivity contribution in [3.8, 4) is 0 Å². The molecule has 10 heteroatoms. The van der Waals surface area contributed by atoms with Crippen LogP contribution in [0.1, 0.15) is 18.4 Å². The molecule has 0 radical (unpaired) electrons. The van der Waals surface area contributed by atoms with E-state index >= 15 is 0 Å². The molecule has 0 spiro atoms. The van der Waals surface area contributed by atoms with E-state index in [4.69, 9.17) is 0 Å². The maximum atomic E-state index is 12.7. The van der Waals surface area contributed by atoms with Crippen molar-refractivity contribution in [1.29, 1.82) is 0 Å². The van der Waals surface area contributed by atoms with Crippen LogP contribution in [0.5, 0.6) is 0 Å². The summed E-state index contributed by atoms with van der Waals surface area (Å²) in [6.07, 6.45) is 0.497. The Morgan fingerprint density at radius 1 is 1.12 bits per heavy atom. The van der Waals surface area contributed by atoms with E-state index in [0.717, 1.165) is 16.9 Å². The van der Waals surface area contributed by atoms with Crippen molar-refractivity contribution in [2.75, 3.05) is 27.8 Å². The van der Waals surface area contributed by atoms with Gasteiger partial charge in [-0.25, -0.2) is 0 Å². The molecule has 170 valence electrons. The Morgan fingerprint density at radius 2 is 1.94 bits per heavy atom. The molecule has 1 fully saturated rings. The van der Waals surface area contributed by atoms with Gasteiger partial charge in [0.25, 0.3) is 0 Å². The smallest absolute Gasteiger partial charge is 0.231 e. The number of carbonyl (C=O) groups excluding carboxylic acids is 3. The Labute approximate surface area is 199 Å². The zero-order valence-electron chi connectivity index (χ0n) is 18.0. The molecule has 0 bridgehead atoms. The molecule has 0 saturated carbocycles. The summed E-state index contributed by atoms with van der Waals surface area (Å²) in [5.74, 6) is -0.281. The SMILES string of the molecule is Cc1cccc(N2CC(C(=O)Nc3nnc(SCCC(=O)Nc4ccccc4)s3)CC2=O)c1. The van der Waals surface area contributed by atoms with Crippen molar-refractivity contribution in [2.24, 2.45) is 5.92 Å². The van der Waals surface area contributed by atoms with E-state index in [2.05, 4.69) is 20.8 Å². The topological polar surface area (TPSA) is 104 Å². The average Bonchev–Trinajstić information content (AvgIpc) is 3.41. The van der Waals surface area contributed by atoms with Crippen LogP contribution in [0, 0.1) is 12.8 Å². The summed E-state index contributed by atoms with van der Waals surface area (Å²) < 4.78 is 0.668. The van der Waals surface area contributed by atoms with Crippen LogP contribution in [0.2, 0.25) is 0 Å². The van der Waals surface area contributed by atoms with Crippen LogP contribution in [-0.4, -0.2) is 40.2 Å². The van der Waals surface area contributed by atoms with Crippen molar-refractivity contribution >= 4 is 57.3 Å². The Hall–Kier alpha value is -3.24. The number of benzene rings is 2. The third-order valence-corrected chi connectivity index (χ3v) is 7.03. The Kier molecular flexibility index (Phi) is 7.36.